The summed E-state index contributed by atoms with van der Waals surface area (Å²) < 4.78 is 13.3. The summed E-state index contributed by atoms with van der Waals surface area (Å²) in [4.78, 5) is 12.2. The molecule has 2 heteroatoms. The molecule has 1 aliphatic carbocycles. The second-order valence-corrected chi connectivity index (χ2v) is 4.68. The first kappa shape index (κ1) is 12.0. The highest BCUT2D eigenvalue weighted by molar-refractivity contribution is 6.08. The summed E-state index contributed by atoms with van der Waals surface area (Å²) in [6, 6.07) is 4.54. The lowest BCUT2D eigenvalue weighted by molar-refractivity contribution is 0.103. The number of hydrogen-bond acceptors (Lipinski definition) is 1. The number of carbonyl (C=O) groups is 1. The lowest BCUT2D eigenvalue weighted by Gasteiger charge is -2.06. The fraction of sp³-hybridized carbons (Fsp3) is 0.400. The molecule has 1 aromatic rings. The summed E-state index contributed by atoms with van der Waals surface area (Å²) in [5.74, 6) is -0.336. The standard InChI is InChI=1S/C15H17FO/c1-11-8-13(10-14(16)9-11)15(17)12-6-4-2-3-5-7-12/h6,8-10H,2-5,7H2,1H3. The molecular weight excluding hydrogens is 215 g/mol. The average molecular weight is 232 g/mol. The molecular formula is C15H17FO. The molecule has 1 aromatic carbocycles. The molecule has 17 heavy (non-hydrogen) atoms. The lowest BCUT2D eigenvalue weighted by atomic mass is 9.98. The molecule has 90 valence electrons. The van der Waals surface area contributed by atoms with Crippen molar-refractivity contribution in [3.05, 3.63) is 46.8 Å². The summed E-state index contributed by atoms with van der Waals surface area (Å²) in [5.41, 5.74) is 2.13. The number of hydrogen-bond donors (Lipinski definition) is 0. The van der Waals surface area contributed by atoms with Crippen LogP contribution in [-0.2, 0) is 0 Å². The smallest absolute Gasteiger partial charge is 0.188 e. The maximum Gasteiger partial charge on any atom is 0.188 e. The van der Waals surface area contributed by atoms with E-state index in [4.69, 9.17) is 0 Å². The first-order valence-corrected chi connectivity index (χ1v) is 6.18. The Bertz CT molecular complexity index is 440. The Morgan fingerprint density at radius 1 is 1.18 bits per heavy atom. The fourth-order valence-electron chi connectivity index (χ4n) is 2.27. The first-order valence-electron chi connectivity index (χ1n) is 6.18. The van der Waals surface area contributed by atoms with E-state index in [9.17, 15) is 9.18 Å². The molecule has 1 nitrogen and oxygen atoms in total. The van der Waals surface area contributed by atoms with Crippen molar-refractivity contribution in [1.29, 1.82) is 0 Å². The van der Waals surface area contributed by atoms with Gasteiger partial charge >= 0.3 is 0 Å². The molecule has 0 spiro atoms. The fourth-order valence-corrected chi connectivity index (χ4v) is 2.27. The largest absolute Gasteiger partial charge is 0.289 e. The zero-order chi connectivity index (χ0) is 12.3. The molecule has 2 rings (SSSR count). The topological polar surface area (TPSA) is 17.1 Å². The maximum absolute atomic E-state index is 13.3. The van der Waals surface area contributed by atoms with E-state index in [2.05, 4.69) is 0 Å². The Labute approximate surface area is 101 Å². The van der Waals surface area contributed by atoms with Crippen molar-refractivity contribution >= 4 is 5.78 Å². The van der Waals surface area contributed by atoms with Crippen LogP contribution in [-0.4, -0.2) is 5.78 Å². The van der Waals surface area contributed by atoms with Gasteiger partial charge < -0.3 is 0 Å². The molecule has 0 unspecified atom stereocenters. The van der Waals surface area contributed by atoms with E-state index in [1.54, 1.807) is 13.0 Å². The van der Waals surface area contributed by atoms with E-state index in [1.807, 2.05) is 6.08 Å². The predicted molar refractivity (Wildman–Crippen MR) is 66.6 cm³/mol. The molecule has 1 aliphatic rings. The third-order valence-corrected chi connectivity index (χ3v) is 3.14. The molecule has 0 N–H and O–H groups in total. The predicted octanol–water partition coefficient (Wildman–Crippen LogP) is 4.21. The van der Waals surface area contributed by atoms with Crippen molar-refractivity contribution in [1.82, 2.24) is 0 Å². The molecule has 0 aliphatic heterocycles. The molecule has 0 saturated carbocycles. The number of rotatable bonds is 2. The van der Waals surface area contributed by atoms with E-state index in [0.29, 0.717) is 5.56 Å². The Kier molecular flexibility index (Phi) is 3.72. The Balaban J connectivity index is 2.26. The van der Waals surface area contributed by atoms with Crippen molar-refractivity contribution in [2.75, 3.05) is 0 Å². The van der Waals surface area contributed by atoms with Crippen LogP contribution in [0.1, 0.15) is 48.0 Å². The van der Waals surface area contributed by atoms with Gasteiger partial charge in [-0.2, -0.15) is 0 Å². The van der Waals surface area contributed by atoms with Gasteiger partial charge in [-0.3, -0.25) is 4.79 Å². The minimum atomic E-state index is -0.331. The highest BCUT2D eigenvalue weighted by atomic mass is 19.1. The quantitative estimate of drug-likeness (QED) is 0.698. The second kappa shape index (κ2) is 5.26. The van der Waals surface area contributed by atoms with E-state index in [1.165, 1.54) is 18.6 Å². The van der Waals surface area contributed by atoms with Crippen LogP contribution < -0.4 is 0 Å². The molecule has 0 saturated heterocycles. The van der Waals surface area contributed by atoms with Gasteiger partial charge in [0.2, 0.25) is 0 Å². The minimum Gasteiger partial charge on any atom is -0.289 e. The normalized spacial score (nSPS) is 16.2. The molecule has 0 radical (unpaired) electrons. The number of ketones is 1. The van der Waals surface area contributed by atoms with Crippen LogP contribution in [0, 0.1) is 12.7 Å². The summed E-state index contributed by atoms with van der Waals surface area (Å²) >= 11 is 0. The van der Waals surface area contributed by atoms with Crippen LogP contribution >= 0.6 is 0 Å². The number of halogens is 1. The SMILES string of the molecule is Cc1cc(F)cc(C(=O)C2=CCCCCC2)c1. The summed E-state index contributed by atoms with van der Waals surface area (Å²) in [6.07, 6.45) is 7.21. The zero-order valence-electron chi connectivity index (χ0n) is 10.1. The molecule has 0 heterocycles. The van der Waals surface area contributed by atoms with Gasteiger partial charge in [-0.1, -0.05) is 12.5 Å². The Morgan fingerprint density at radius 3 is 2.76 bits per heavy atom. The van der Waals surface area contributed by atoms with Crippen LogP contribution in [0.4, 0.5) is 4.39 Å². The van der Waals surface area contributed by atoms with Crippen molar-refractivity contribution in [2.45, 2.75) is 39.0 Å². The van der Waals surface area contributed by atoms with E-state index >= 15 is 0 Å². The van der Waals surface area contributed by atoms with Crippen LogP contribution in [0.25, 0.3) is 0 Å². The van der Waals surface area contributed by atoms with Gasteiger partial charge in [0.25, 0.3) is 0 Å². The van der Waals surface area contributed by atoms with Gasteiger partial charge in [0, 0.05) is 5.56 Å². The monoisotopic (exact) mass is 232 g/mol. The van der Waals surface area contributed by atoms with Gasteiger partial charge in [-0.25, -0.2) is 4.39 Å². The van der Waals surface area contributed by atoms with E-state index in [0.717, 1.165) is 36.8 Å². The maximum atomic E-state index is 13.3. The van der Waals surface area contributed by atoms with Gasteiger partial charge in [0.1, 0.15) is 5.82 Å². The zero-order valence-corrected chi connectivity index (χ0v) is 10.1. The summed E-state index contributed by atoms with van der Waals surface area (Å²) in [6.45, 7) is 1.81. The number of aryl methyl sites for hydroxylation is 1. The van der Waals surface area contributed by atoms with Crippen molar-refractivity contribution < 1.29 is 9.18 Å². The Morgan fingerprint density at radius 2 is 2.00 bits per heavy atom. The highest BCUT2D eigenvalue weighted by Gasteiger charge is 2.14. The summed E-state index contributed by atoms with van der Waals surface area (Å²) in [7, 11) is 0. The van der Waals surface area contributed by atoms with E-state index < -0.39 is 0 Å². The number of benzene rings is 1. The average Bonchev–Trinajstić information content (AvgIpc) is 2.55. The molecule has 0 aromatic heterocycles. The van der Waals surface area contributed by atoms with Crippen LogP contribution in [0.2, 0.25) is 0 Å². The molecule has 0 atom stereocenters. The third-order valence-electron chi connectivity index (χ3n) is 3.14. The van der Waals surface area contributed by atoms with Crippen molar-refractivity contribution in [3.63, 3.8) is 0 Å². The lowest BCUT2D eigenvalue weighted by Crippen LogP contribution is -2.04. The van der Waals surface area contributed by atoms with Crippen molar-refractivity contribution in [2.24, 2.45) is 0 Å². The number of carbonyl (C=O) groups excluding carboxylic acids is 1. The van der Waals surface area contributed by atoms with Gasteiger partial charge in [-0.05, 0) is 61.9 Å². The number of allylic oxidation sites excluding steroid dienone is 2. The van der Waals surface area contributed by atoms with Crippen LogP contribution in [0.15, 0.2) is 29.8 Å². The first-order chi connectivity index (χ1) is 8.16. The van der Waals surface area contributed by atoms with Crippen LogP contribution in [0.5, 0.6) is 0 Å². The molecule has 0 amide bonds. The number of Topliss-reactive ketones (excluding diaryl/α,β-unsaturated/α-hetero) is 1. The Hall–Kier alpha value is -1.44. The van der Waals surface area contributed by atoms with E-state index in [-0.39, 0.29) is 11.6 Å². The minimum absolute atomic E-state index is 0.00509. The highest BCUT2D eigenvalue weighted by Crippen LogP contribution is 2.21. The molecule has 0 fully saturated rings. The summed E-state index contributed by atoms with van der Waals surface area (Å²) in [5, 5.41) is 0. The molecule has 0 bridgehead atoms. The second-order valence-electron chi connectivity index (χ2n) is 4.68. The van der Waals surface area contributed by atoms with Gasteiger partial charge in [-0.15, -0.1) is 0 Å². The third kappa shape index (κ3) is 3.02. The van der Waals surface area contributed by atoms with Crippen LogP contribution in [0.3, 0.4) is 0 Å². The van der Waals surface area contributed by atoms with Gasteiger partial charge in [0.15, 0.2) is 5.78 Å². The van der Waals surface area contributed by atoms with Crippen molar-refractivity contribution in [3.8, 4) is 0 Å². The van der Waals surface area contributed by atoms with Gasteiger partial charge in [0.05, 0.1) is 0 Å².